The molecule has 0 aromatic heterocycles. The third-order valence-corrected chi connectivity index (χ3v) is 5.39. The van der Waals surface area contributed by atoms with Crippen LogP contribution in [-0.2, 0) is 6.54 Å². The molecular formula is C18H28N4OS2. The van der Waals surface area contributed by atoms with E-state index in [1.807, 2.05) is 24.3 Å². The number of thiocarbonyl (C=S) groups is 2. The second-order valence-corrected chi connectivity index (χ2v) is 7.44. The van der Waals surface area contributed by atoms with Gasteiger partial charge in [0, 0.05) is 12.6 Å². The van der Waals surface area contributed by atoms with Gasteiger partial charge in [-0.3, -0.25) is 10.9 Å². The summed E-state index contributed by atoms with van der Waals surface area (Å²) in [4.78, 5) is 0. The lowest BCUT2D eigenvalue weighted by Gasteiger charge is -2.35. The van der Waals surface area contributed by atoms with Crippen molar-refractivity contribution in [2.75, 3.05) is 7.11 Å². The standard InChI is InChI=1S/C18H28N4OS2/c1-12-5-4-6-16(13(12)2)20-18(25)22-21-17(24)19-11-14-7-9-15(23-3)10-8-14/h7-10,12-13,16H,4-6,11H2,1-3H3,(H2,19,21,24)(H2,20,22,25)/t12-,13-,16-/m1/s1. The summed E-state index contributed by atoms with van der Waals surface area (Å²) in [5.74, 6) is 2.19. The molecule has 0 amide bonds. The van der Waals surface area contributed by atoms with Crippen LogP contribution in [0.1, 0.15) is 38.7 Å². The van der Waals surface area contributed by atoms with Gasteiger partial charge in [0.05, 0.1) is 7.11 Å². The van der Waals surface area contributed by atoms with Gasteiger partial charge < -0.3 is 15.4 Å². The van der Waals surface area contributed by atoms with Crippen LogP contribution in [0.5, 0.6) is 5.75 Å². The van der Waals surface area contributed by atoms with Gasteiger partial charge in [0.15, 0.2) is 10.2 Å². The minimum absolute atomic E-state index is 0.423. The van der Waals surface area contributed by atoms with Gasteiger partial charge in [0.1, 0.15) is 5.75 Å². The largest absolute Gasteiger partial charge is 0.497 e. The fraction of sp³-hybridized carbons (Fsp3) is 0.556. The van der Waals surface area contributed by atoms with E-state index in [1.54, 1.807) is 7.11 Å². The molecule has 1 aliphatic rings. The van der Waals surface area contributed by atoms with E-state index in [0.29, 0.717) is 28.7 Å². The lowest BCUT2D eigenvalue weighted by Crippen LogP contribution is -2.54. The fourth-order valence-corrected chi connectivity index (χ4v) is 3.40. The number of hydrogen-bond acceptors (Lipinski definition) is 3. The van der Waals surface area contributed by atoms with Gasteiger partial charge in [-0.25, -0.2) is 0 Å². The normalized spacial score (nSPS) is 22.6. The van der Waals surface area contributed by atoms with Crippen molar-refractivity contribution >= 4 is 34.7 Å². The van der Waals surface area contributed by atoms with Crippen LogP contribution >= 0.6 is 24.4 Å². The first-order valence-corrected chi connectivity index (χ1v) is 9.54. The molecular weight excluding hydrogens is 352 g/mol. The van der Waals surface area contributed by atoms with Crippen LogP contribution in [0, 0.1) is 11.8 Å². The monoisotopic (exact) mass is 380 g/mol. The highest BCUT2D eigenvalue weighted by molar-refractivity contribution is 7.80. The van der Waals surface area contributed by atoms with Crippen LogP contribution in [0.25, 0.3) is 0 Å². The number of hydrazine groups is 1. The lowest BCUT2D eigenvalue weighted by atomic mass is 9.78. The number of nitrogens with one attached hydrogen (secondary N) is 4. The summed E-state index contributed by atoms with van der Waals surface area (Å²) in [6.45, 7) is 5.24. The van der Waals surface area contributed by atoms with Crippen molar-refractivity contribution in [3.63, 3.8) is 0 Å². The molecule has 1 aromatic rings. The van der Waals surface area contributed by atoms with Gasteiger partial charge in [-0.15, -0.1) is 0 Å². The minimum atomic E-state index is 0.423. The van der Waals surface area contributed by atoms with Gasteiger partial charge in [-0.2, -0.15) is 0 Å². The third-order valence-electron chi connectivity index (χ3n) is 4.93. The molecule has 0 saturated heterocycles. The fourth-order valence-electron chi connectivity index (χ4n) is 3.07. The zero-order valence-electron chi connectivity index (χ0n) is 15.1. The van der Waals surface area contributed by atoms with E-state index >= 15 is 0 Å². The molecule has 1 aromatic carbocycles. The first kappa shape index (κ1) is 19.7. The molecule has 1 fully saturated rings. The van der Waals surface area contributed by atoms with E-state index in [9.17, 15) is 0 Å². The molecule has 5 nitrogen and oxygen atoms in total. The highest BCUT2D eigenvalue weighted by Gasteiger charge is 2.27. The summed E-state index contributed by atoms with van der Waals surface area (Å²) >= 11 is 10.6. The quantitative estimate of drug-likeness (QED) is 0.473. The molecule has 0 aliphatic heterocycles. The van der Waals surface area contributed by atoms with Crippen LogP contribution < -0.4 is 26.2 Å². The van der Waals surface area contributed by atoms with E-state index in [2.05, 4.69) is 35.3 Å². The Morgan fingerprint density at radius 1 is 1.08 bits per heavy atom. The zero-order chi connectivity index (χ0) is 18.2. The second-order valence-electron chi connectivity index (χ2n) is 6.63. The summed E-state index contributed by atoms with van der Waals surface area (Å²) in [5.41, 5.74) is 7.02. The maximum absolute atomic E-state index is 5.36. The molecule has 25 heavy (non-hydrogen) atoms. The smallest absolute Gasteiger partial charge is 0.185 e. The number of benzene rings is 1. The molecule has 0 radical (unpaired) electrons. The average Bonchev–Trinajstić information content (AvgIpc) is 2.62. The Hall–Kier alpha value is -1.60. The minimum Gasteiger partial charge on any atom is -0.497 e. The van der Waals surface area contributed by atoms with E-state index in [1.165, 1.54) is 12.8 Å². The topological polar surface area (TPSA) is 57.4 Å². The molecule has 138 valence electrons. The van der Waals surface area contributed by atoms with Crippen molar-refractivity contribution < 1.29 is 4.74 Å². The Balaban J connectivity index is 1.67. The molecule has 2 rings (SSSR count). The van der Waals surface area contributed by atoms with Crippen LogP contribution in [0.4, 0.5) is 0 Å². The highest BCUT2D eigenvalue weighted by Crippen LogP contribution is 2.29. The SMILES string of the molecule is COc1ccc(CNC(=S)NNC(=S)N[C@@H]2CCC[C@@H](C)[C@H]2C)cc1. The molecule has 0 spiro atoms. The number of rotatable bonds is 4. The Labute approximate surface area is 161 Å². The summed E-state index contributed by atoms with van der Waals surface area (Å²) in [7, 11) is 1.66. The predicted octanol–water partition coefficient (Wildman–Crippen LogP) is 2.86. The average molecular weight is 381 g/mol. The maximum atomic E-state index is 5.36. The Kier molecular flexibility index (Phi) is 7.71. The van der Waals surface area contributed by atoms with E-state index in [-0.39, 0.29) is 0 Å². The number of ether oxygens (including phenoxy) is 1. The molecule has 3 atom stereocenters. The molecule has 0 bridgehead atoms. The van der Waals surface area contributed by atoms with Crippen molar-refractivity contribution in [1.82, 2.24) is 21.5 Å². The van der Waals surface area contributed by atoms with E-state index in [0.717, 1.165) is 23.7 Å². The molecule has 7 heteroatoms. The van der Waals surface area contributed by atoms with Crippen LogP contribution in [0.3, 0.4) is 0 Å². The van der Waals surface area contributed by atoms with Crippen molar-refractivity contribution in [2.24, 2.45) is 11.8 Å². The first-order chi connectivity index (χ1) is 12.0. The van der Waals surface area contributed by atoms with Crippen molar-refractivity contribution in [2.45, 2.75) is 45.7 Å². The molecule has 1 saturated carbocycles. The predicted molar refractivity (Wildman–Crippen MR) is 110 cm³/mol. The van der Waals surface area contributed by atoms with Crippen molar-refractivity contribution in [3.05, 3.63) is 29.8 Å². The third kappa shape index (κ3) is 6.32. The van der Waals surface area contributed by atoms with Crippen molar-refractivity contribution in [1.29, 1.82) is 0 Å². The molecule has 0 unspecified atom stereocenters. The van der Waals surface area contributed by atoms with E-state index < -0.39 is 0 Å². The van der Waals surface area contributed by atoms with Crippen LogP contribution in [-0.4, -0.2) is 23.4 Å². The molecule has 4 N–H and O–H groups in total. The Morgan fingerprint density at radius 2 is 1.76 bits per heavy atom. The molecule has 1 aliphatic carbocycles. The highest BCUT2D eigenvalue weighted by atomic mass is 32.1. The summed E-state index contributed by atoms with van der Waals surface area (Å²) < 4.78 is 5.15. The van der Waals surface area contributed by atoms with E-state index in [4.69, 9.17) is 29.2 Å². The Morgan fingerprint density at radius 3 is 2.44 bits per heavy atom. The summed E-state index contributed by atoms with van der Waals surface area (Å²) in [5, 5.41) is 7.63. The summed E-state index contributed by atoms with van der Waals surface area (Å²) in [6, 6.07) is 8.28. The molecule has 0 heterocycles. The zero-order valence-corrected chi connectivity index (χ0v) is 16.7. The van der Waals surface area contributed by atoms with Gasteiger partial charge >= 0.3 is 0 Å². The van der Waals surface area contributed by atoms with Crippen LogP contribution in [0.15, 0.2) is 24.3 Å². The summed E-state index contributed by atoms with van der Waals surface area (Å²) in [6.07, 6.45) is 3.71. The Bertz CT molecular complexity index is 579. The van der Waals surface area contributed by atoms with Gasteiger partial charge in [-0.1, -0.05) is 38.8 Å². The van der Waals surface area contributed by atoms with Gasteiger partial charge in [0.2, 0.25) is 0 Å². The lowest BCUT2D eigenvalue weighted by molar-refractivity contribution is 0.224. The number of hydrogen-bond donors (Lipinski definition) is 4. The second kappa shape index (κ2) is 9.77. The van der Waals surface area contributed by atoms with Crippen LogP contribution in [0.2, 0.25) is 0 Å². The number of methoxy groups -OCH3 is 1. The van der Waals surface area contributed by atoms with Gasteiger partial charge in [0.25, 0.3) is 0 Å². The van der Waals surface area contributed by atoms with Gasteiger partial charge in [-0.05, 0) is 60.4 Å². The van der Waals surface area contributed by atoms with Crippen molar-refractivity contribution in [3.8, 4) is 5.75 Å². The maximum Gasteiger partial charge on any atom is 0.185 e. The first-order valence-electron chi connectivity index (χ1n) is 8.73.